The van der Waals surface area contributed by atoms with Crippen LogP contribution in [0.25, 0.3) is 21.1 Å². The molecular weight excluding hydrogens is 503 g/mol. The number of hydrogen-bond donors (Lipinski definition) is 1. The molecule has 3 aliphatic rings. The monoisotopic (exact) mass is 534 g/mol. The van der Waals surface area contributed by atoms with E-state index in [1.165, 1.54) is 10.9 Å². The quantitative estimate of drug-likeness (QED) is 0.420. The van der Waals surface area contributed by atoms with E-state index in [1.807, 2.05) is 23.4 Å². The smallest absolute Gasteiger partial charge is 0.219 e. The number of thiophene rings is 1. The molecule has 3 aromatic heterocycles. The third kappa shape index (κ3) is 4.10. The Morgan fingerprint density at radius 1 is 1.21 bits per heavy atom. The van der Waals surface area contributed by atoms with Gasteiger partial charge in [0.25, 0.3) is 0 Å². The number of rotatable bonds is 4. The number of carbonyl (C=O) groups excluding carboxylic acids is 1. The lowest BCUT2D eigenvalue weighted by Crippen LogP contribution is -2.63. The molecule has 38 heavy (non-hydrogen) atoms. The van der Waals surface area contributed by atoms with E-state index in [0.29, 0.717) is 18.7 Å². The van der Waals surface area contributed by atoms with Crippen molar-refractivity contribution in [3.63, 3.8) is 0 Å². The highest BCUT2D eigenvalue weighted by atomic mass is 32.1. The second kappa shape index (κ2) is 9.37. The molecular formula is C28H31FN6O2S. The highest BCUT2D eigenvalue weighted by molar-refractivity contribution is 7.19. The first-order valence-corrected chi connectivity index (χ1v) is 14.1. The summed E-state index contributed by atoms with van der Waals surface area (Å²) < 4.78 is 22.4. The van der Waals surface area contributed by atoms with Crippen molar-refractivity contribution < 1.29 is 13.9 Å². The first-order valence-electron chi connectivity index (χ1n) is 13.3. The lowest BCUT2D eigenvalue weighted by atomic mass is 9.71. The Morgan fingerprint density at radius 2 is 2.05 bits per heavy atom. The average Bonchev–Trinajstić information content (AvgIpc) is 3.55. The summed E-state index contributed by atoms with van der Waals surface area (Å²) in [6.45, 7) is 7.24. The van der Waals surface area contributed by atoms with Gasteiger partial charge in [0.2, 0.25) is 5.91 Å². The second-order valence-corrected chi connectivity index (χ2v) is 12.1. The molecule has 2 atom stereocenters. The van der Waals surface area contributed by atoms with Gasteiger partial charge in [0.15, 0.2) is 0 Å². The zero-order valence-electron chi connectivity index (χ0n) is 21.4. The van der Waals surface area contributed by atoms with Gasteiger partial charge in [-0.2, -0.15) is 0 Å². The Labute approximate surface area is 224 Å². The molecule has 1 N–H and O–H groups in total. The number of aromatic amines is 1. The molecule has 0 aliphatic carbocycles. The Hall–Kier alpha value is -2.92. The number of aromatic nitrogens is 3. The number of halogens is 1. The Kier molecular flexibility index (Phi) is 5.95. The van der Waals surface area contributed by atoms with Gasteiger partial charge in [0, 0.05) is 79.9 Å². The van der Waals surface area contributed by atoms with E-state index in [-0.39, 0.29) is 29.4 Å². The van der Waals surface area contributed by atoms with Crippen LogP contribution in [-0.2, 0) is 9.53 Å². The molecule has 3 fully saturated rings. The van der Waals surface area contributed by atoms with Crippen LogP contribution in [0.2, 0.25) is 0 Å². The van der Waals surface area contributed by atoms with E-state index < -0.39 is 0 Å². The standard InChI is InChI=1S/C28H31FN6O2S/c1-18(36)33-8-5-28(6-9-33)15-35(16-28)27(24-12-22-25(38-24)13-30-17-32-22)34-10-11-37-23(14-34)26-19-4-7-31-21(19)3-2-20(26)29/h2-4,7,12-13,17,23,27,31H,5-6,8-11,14-16H2,1H3. The number of hydrogen-bond acceptors (Lipinski definition) is 7. The van der Waals surface area contributed by atoms with Gasteiger partial charge in [0.1, 0.15) is 12.1 Å². The van der Waals surface area contributed by atoms with Crippen molar-refractivity contribution >= 4 is 38.4 Å². The number of nitrogens with one attached hydrogen (secondary N) is 1. The van der Waals surface area contributed by atoms with Gasteiger partial charge in [-0.15, -0.1) is 11.3 Å². The zero-order chi connectivity index (χ0) is 25.9. The summed E-state index contributed by atoms with van der Waals surface area (Å²) in [5.74, 6) is -0.0536. The van der Waals surface area contributed by atoms with Crippen LogP contribution in [0.1, 0.15) is 42.5 Å². The maximum atomic E-state index is 15.2. The van der Waals surface area contributed by atoms with Crippen molar-refractivity contribution in [2.24, 2.45) is 5.41 Å². The zero-order valence-corrected chi connectivity index (χ0v) is 22.2. The van der Waals surface area contributed by atoms with Gasteiger partial charge >= 0.3 is 0 Å². The van der Waals surface area contributed by atoms with Gasteiger partial charge in [-0.25, -0.2) is 14.4 Å². The van der Waals surface area contributed by atoms with Crippen molar-refractivity contribution in [1.29, 1.82) is 0 Å². The van der Waals surface area contributed by atoms with Gasteiger partial charge in [0.05, 0.1) is 29.1 Å². The number of ether oxygens (including phenoxy) is 1. The molecule has 3 aliphatic heterocycles. The van der Waals surface area contributed by atoms with Crippen LogP contribution in [0.15, 0.2) is 43.0 Å². The molecule has 3 saturated heterocycles. The number of fused-ring (bicyclic) bond motifs is 2. The summed E-state index contributed by atoms with van der Waals surface area (Å²) in [6.07, 6.45) is 7.12. The van der Waals surface area contributed by atoms with Crippen LogP contribution in [0.4, 0.5) is 4.39 Å². The lowest BCUT2D eigenvalue weighted by molar-refractivity contribution is -0.147. The van der Waals surface area contributed by atoms with Crippen molar-refractivity contribution in [3.05, 3.63) is 59.2 Å². The third-order valence-corrected chi connectivity index (χ3v) is 9.75. The Balaban J connectivity index is 1.18. The third-order valence-electron chi connectivity index (χ3n) is 8.65. The second-order valence-electron chi connectivity index (χ2n) is 11.0. The number of morpholine rings is 1. The molecule has 1 aromatic carbocycles. The van der Waals surface area contributed by atoms with Crippen molar-refractivity contribution in [3.8, 4) is 0 Å². The van der Waals surface area contributed by atoms with Crippen molar-refractivity contribution in [2.45, 2.75) is 32.0 Å². The van der Waals surface area contributed by atoms with Crippen LogP contribution < -0.4 is 0 Å². The first kappa shape index (κ1) is 24.1. The molecule has 1 spiro atoms. The number of nitrogens with zero attached hydrogens (tertiary/aromatic N) is 5. The van der Waals surface area contributed by atoms with Crippen LogP contribution in [0.5, 0.6) is 0 Å². The summed E-state index contributed by atoms with van der Waals surface area (Å²) in [7, 11) is 0. The number of carbonyl (C=O) groups is 1. The summed E-state index contributed by atoms with van der Waals surface area (Å²) >= 11 is 1.74. The maximum absolute atomic E-state index is 15.2. The predicted octanol–water partition coefficient (Wildman–Crippen LogP) is 4.33. The van der Waals surface area contributed by atoms with Crippen LogP contribution >= 0.6 is 11.3 Å². The number of H-pyrrole nitrogens is 1. The highest BCUT2D eigenvalue weighted by Gasteiger charge is 2.49. The van der Waals surface area contributed by atoms with E-state index >= 15 is 4.39 Å². The van der Waals surface area contributed by atoms with Gasteiger partial charge in [-0.3, -0.25) is 14.6 Å². The molecule has 7 rings (SSSR count). The minimum Gasteiger partial charge on any atom is -0.371 e. The minimum atomic E-state index is -0.353. The number of piperidine rings is 1. The van der Waals surface area contributed by atoms with Crippen molar-refractivity contribution in [1.82, 2.24) is 29.7 Å². The highest BCUT2D eigenvalue weighted by Crippen LogP contribution is 2.47. The molecule has 10 heteroatoms. The van der Waals surface area contributed by atoms with Gasteiger partial charge < -0.3 is 14.6 Å². The van der Waals surface area contributed by atoms with E-state index in [2.05, 4.69) is 30.8 Å². The Morgan fingerprint density at radius 3 is 2.84 bits per heavy atom. The molecule has 0 saturated carbocycles. The molecule has 0 bridgehead atoms. The van der Waals surface area contributed by atoms with Crippen molar-refractivity contribution in [2.75, 3.05) is 45.9 Å². The molecule has 198 valence electrons. The van der Waals surface area contributed by atoms with Crippen LogP contribution in [-0.4, -0.2) is 81.4 Å². The summed E-state index contributed by atoms with van der Waals surface area (Å²) in [5, 5.41) is 0.880. The summed E-state index contributed by atoms with van der Waals surface area (Å²) in [6, 6.07) is 7.44. The predicted molar refractivity (Wildman–Crippen MR) is 144 cm³/mol. The fourth-order valence-electron chi connectivity index (χ4n) is 6.65. The van der Waals surface area contributed by atoms with Gasteiger partial charge in [-0.1, -0.05) is 0 Å². The SMILES string of the molecule is CC(=O)N1CCC2(CC1)CN(C(c1cc3ncncc3s1)N1CCOC(c3c(F)ccc4[nH]ccc34)C1)C2. The molecule has 2 unspecified atom stereocenters. The first-order chi connectivity index (χ1) is 18.5. The fourth-order valence-corrected chi connectivity index (χ4v) is 7.80. The normalized spacial score (nSPS) is 23.2. The summed E-state index contributed by atoms with van der Waals surface area (Å²) in [4.78, 5) is 32.0. The molecule has 6 heterocycles. The molecule has 8 nitrogen and oxygen atoms in total. The number of benzene rings is 1. The fraction of sp³-hybridized carbons (Fsp3) is 0.464. The Bertz CT molecular complexity index is 1450. The van der Waals surface area contributed by atoms with E-state index in [4.69, 9.17) is 4.74 Å². The number of amides is 1. The minimum absolute atomic E-state index is 0.0607. The molecule has 1 amide bonds. The van der Waals surface area contributed by atoms with E-state index in [9.17, 15) is 4.79 Å². The largest absolute Gasteiger partial charge is 0.371 e. The topological polar surface area (TPSA) is 77.6 Å². The number of likely N-dealkylation sites (tertiary alicyclic amines) is 2. The van der Waals surface area contributed by atoms with Crippen LogP contribution in [0, 0.1) is 11.2 Å². The summed E-state index contributed by atoms with van der Waals surface area (Å²) in [5.41, 5.74) is 2.77. The van der Waals surface area contributed by atoms with E-state index in [0.717, 1.165) is 66.7 Å². The van der Waals surface area contributed by atoms with E-state index in [1.54, 1.807) is 30.7 Å². The maximum Gasteiger partial charge on any atom is 0.219 e. The lowest BCUT2D eigenvalue weighted by Gasteiger charge is -2.58. The molecule has 0 radical (unpaired) electrons. The molecule has 4 aromatic rings. The average molecular weight is 535 g/mol. The van der Waals surface area contributed by atoms with Gasteiger partial charge in [-0.05, 0) is 42.5 Å². The van der Waals surface area contributed by atoms with Crippen LogP contribution in [0.3, 0.4) is 0 Å².